The van der Waals surface area contributed by atoms with E-state index in [1.54, 1.807) is 0 Å². The highest BCUT2D eigenvalue weighted by molar-refractivity contribution is 4.42. The first-order chi connectivity index (χ1) is 4.83. The Morgan fingerprint density at radius 2 is 2.00 bits per heavy atom. The van der Waals surface area contributed by atoms with Crippen LogP contribution in [0.15, 0.2) is 5.34 Å². The number of hydrogen-bond acceptors (Lipinski definition) is 5. The van der Waals surface area contributed by atoms with Crippen LogP contribution in [0.4, 0.5) is 0 Å². The van der Waals surface area contributed by atoms with Gasteiger partial charge in [-0.05, 0) is 0 Å². The normalized spacial score (nSPS) is 7.80. The molecule has 0 radical (unpaired) electrons. The van der Waals surface area contributed by atoms with Crippen molar-refractivity contribution in [2.45, 2.75) is 0 Å². The fourth-order valence-electron chi connectivity index (χ4n) is 0.306. The lowest BCUT2D eigenvalue weighted by molar-refractivity contribution is 0.293. The Morgan fingerprint density at radius 1 is 1.50 bits per heavy atom. The molecule has 0 fully saturated rings. The molecule has 0 atom stereocenters. The molecule has 0 aromatic heterocycles. The summed E-state index contributed by atoms with van der Waals surface area (Å²) in [5, 5.41) is 19.0. The van der Waals surface area contributed by atoms with Gasteiger partial charge in [-0.2, -0.15) is 0 Å². The van der Waals surface area contributed by atoms with Crippen molar-refractivity contribution in [1.29, 1.82) is 0 Å². The topological polar surface area (TPSA) is 108 Å². The molecule has 0 aromatic rings. The Kier molecular flexibility index (Phi) is 18.9. The van der Waals surface area contributed by atoms with Gasteiger partial charge in [0.15, 0.2) is 5.34 Å². The van der Waals surface area contributed by atoms with Crippen molar-refractivity contribution in [3.63, 3.8) is 0 Å². The van der Waals surface area contributed by atoms with Crippen molar-refractivity contribution in [1.82, 2.24) is 5.32 Å². The average Bonchev–Trinajstić information content (AvgIpc) is 1.91. The molecule has 0 aliphatic rings. The van der Waals surface area contributed by atoms with E-state index in [-0.39, 0.29) is 6.61 Å². The molecule has 0 rings (SSSR count). The van der Waals surface area contributed by atoms with Gasteiger partial charge in [0.2, 0.25) is 0 Å². The van der Waals surface area contributed by atoms with E-state index in [2.05, 4.69) is 5.32 Å². The molecule has 0 aliphatic carbocycles. The zero-order valence-electron chi connectivity index (χ0n) is 5.66. The van der Waals surface area contributed by atoms with Crippen molar-refractivity contribution in [2.75, 3.05) is 26.2 Å². The third-order valence-electron chi connectivity index (χ3n) is 0.610. The minimum absolute atomic E-state index is 0.194. The quantitative estimate of drug-likeness (QED) is 0.226. The van der Waals surface area contributed by atoms with E-state index in [0.29, 0.717) is 13.1 Å². The van der Waals surface area contributed by atoms with Gasteiger partial charge < -0.3 is 21.4 Å². The van der Waals surface area contributed by atoms with Gasteiger partial charge >= 0.3 is 0 Å². The number of nitrogens with zero attached hydrogens (tertiary/aromatic N) is 1. The molecule has 6 nitrogen and oxygen atoms in total. The summed E-state index contributed by atoms with van der Waals surface area (Å²) in [6, 6.07) is 0. The molecule has 0 amide bonds. The van der Waals surface area contributed by atoms with Gasteiger partial charge in [-0.15, -0.1) is 4.91 Å². The second-order valence-electron chi connectivity index (χ2n) is 1.34. The molecule has 62 valence electrons. The molecule has 0 saturated carbocycles. The van der Waals surface area contributed by atoms with Crippen LogP contribution in [0.5, 0.6) is 0 Å². The van der Waals surface area contributed by atoms with Crippen LogP contribution in [0.3, 0.4) is 0 Å². The van der Waals surface area contributed by atoms with Gasteiger partial charge in [-0.25, -0.2) is 0 Å². The van der Waals surface area contributed by atoms with Gasteiger partial charge in [0.25, 0.3) is 0 Å². The van der Waals surface area contributed by atoms with Gasteiger partial charge in [-0.3, -0.25) is 0 Å². The molecule has 6 heteroatoms. The van der Waals surface area contributed by atoms with E-state index < -0.39 is 0 Å². The van der Waals surface area contributed by atoms with Gasteiger partial charge in [0, 0.05) is 19.6 Å². The summed E-state index contributed by atoms with van der Waals surface area (Å²) in [7, 11) is 0. The lowest BCUT2D eigenvalue weighted by Gasteiger charge is -1.95. The molecule has 10 heavy (non-hydrogen) atoms. The summed E-state index contributed by atoms with van der Waals surface area (Å²) >= 11 is 0. The van der Waals surface area contributed by atoms with Crippen LogP contribution in [0.1, 0.15) is 0 Å². The highest BCUT2D eigenvalue weighted by Gasteiger charge is 1.77. The maximum atomic E-state index is 8.19. The van der Waals surface area contributed by atoms with Crippen LogP contribution in [0.2, 0.25) is 0 Å². The fourth-order valence-corrected chi connectivity index (χ4v) is 0.306. The van der Waals surface area contributed by atoms with Crippen molar-refractivity contribution in [3.8, 4) is 0 Å². The Hall–Kier alpha value is -0.720. The summed E-state index contributed by atoms with van der Waals surface area (Å²) in [4.78, 5) is 8.11. The highest BCUT2D eigenvalue weighted by Crippen LogP contribution is 1.51. The summed E-state index contributed by atoms with van der Waals surface area (Å²) in [6.07, 6.45) is 0. The lowest BCUT2D eigenvalue weighted by atomic mass is 10.6. The molecule has 0 spiro atoms. The molecule has 0 saturated heterocycles. The number of hydrogen-bond donors (Lipinski definition) is 4. The van der Waals surface area contributed by atoms with Crippen LogP contribution in [0, 0.1) is 4.91 Å². The summed E-state index contributed by atoms with van der Waals surface area (Å²) in [5.74, 6) is 0. The first kappa shape index (κ1) is 12.0. The van der Waals surface area contributed by atoms with E-state index in [0.717, 1.165) is 6.54 Å². The van der Waals surface area contributed by atoms with Crippen LogP contribution in [-0.2, 0) is 0 Å². The molecule has 0 heterocycles. The van der Waals surface area contributed by atoms with Crippen LogP contribution >= 0.6 is 0 Å². The zero-order valence-corrected chi connectivity index (χ0v) is 5.66. The Balaban J connectivity index is 0. The molecular formula is C4H13N3O3. The minimum Gasteiger partial charge on any atom is -0.395 e. The second-order valence-corrected chi connectivity index (χ2v) is 1.34. The smallest absolute Gasteiger partial charge is 0.152 e. The van der Waals surface area contributed by atoms with E-state index in [1.165, 1.54) is 5.34 Å². The maximum Gasteiger partial charge on any atom is 0.152 e. The van der Waals surface area contributed by atoms with Gasteiger partial charge in [-0.1, -0.05) is 0 Å². The number of nitrogens with one attached hydrogen (secondary N) is 1. The summed E-state index contributed by atoms with van der Waals surface area (Å²) in [6.45, 7) is 2.28. The van der Waals surface area contributed by atoms with Gasteiger partial charge in [0.05, 0.1) is 6.61 Å². The molecule has 0 unspecified atom stereocenters. The first-order valence-electron chi connectivity index (χ1n) is 2.81. The predicted octanol–water partition coefficient (Wildman–Crippen LogP) is -1.33. The fraction of sp³-hybridized carbons (Fsp3) is 1.00. The van der Waals surface area contributed by atoms with Crippen LogP contribution < -0.4 is 11.1 Å². The number of rotatable bonds is 4. The lowest BCUT2D eigenvalue weighted by Crippen LogP contribution is -2.24. The molecule has 0 aromatic carbocycles. The third kappa shape index (κ3) is 26.7. The zero-order chi connectivity index (χ0) is 8.24. The minimum atomic E-state index is 0.194. The molecule has 0 aliphatic heterocycles. The number of aliphatic hydroxyl groups excluding tert-OH is 1. The predicted molar refractivity (Wildman–Crippen MR) is 36.6 cm³/mol. The van der Waals surface area contributed by atoms with Crippen LogP contribution in [-0.4, -0.2) is 36.6 Å². The summed E-state index contributed by atoms with van der Waals surface area (Å²) in [5.41, 5.74) is 5.13. The Bertz CT molecular complexity index is 57.7. The van der Waals surface area contributed by atoms with E-state index >= 15 is 0 Å². The highest BCUT2D eigenvalue weighted by atomic mass is 16.6. The van der Waals surface area contributed by atoms with Crippen molar-refractivity contribution in [3.05, 3.63) is 4.91 Å². The first-order valence-corrected chi connectivity index (χ1v) is 2.81. The number of nitrogens with two attached hydrogens (primary N) is 1. The van der Waals surface area contributed by atoms with Crippen molar-refractivity contribution >= 4 is 0 Å². The standard InChI is InChI=1S/C4H12N2O.HNO2/c5-1-2-6-3-4-7;2-1-3/h6-7H,1-5H2;(H,2,3). The van der Waals surface area contributed by atoms with Gasteiger partial charge in [0.1, 0.15) is 0 Å². The Morgan fingerprint density at radius 3 is 2.30 bits per heavy atom. The average molecular weight is 151 g/mol. The van der Waals surface area contributed by atoms with E-state index in [4.69, 9.17) is 21.0 Å². The molecular weight excluding hydrogens is 138 g/mol. The largest absolute Gasteiger partial charge is 0.395 e. The van der Waals surface area contributed by atoms with E-state index in [1.807, 2.05) is 0 Å². The van der Waals surface area contributed by atoms with E-state index in [9.17, 15) is 0 Å². The molecule has 0 bridgehead atoms. The SMILES string of the molecule is NCCNCCO.O=NO. The molecule has 5 N–H and O–H groups in total. The maximum absolute atomic E-state index is 8.19. The Labute approximate surface area is 59.0 Å². The second kappa shape index (κ2) is 15.7. The van der Waals surface area contributed by atoms with Crippen molar-refractivity contribution in [2.24, 2.45) is 11.1 Å². The summed E-state index contributed by atoms with van der Waals surface area (Å²) < 4.78 is 0. The third-order valence-corrected chi connectivity index (χ3v) is 0.610. The monoisotopic (exact) mass is 151 g/mol. The van der Waals surface area contributed by atoms with Crippen molar-refractivity contribution < 1.29 is 10.3 Å². The number of aliphatic hydroxyl groups is 1. The van der Waals surface area contributed by atoms with Crippen LogP contribution in [0.25, 0.3) is 0 Å².